The summed E-state index contributed by atoms with van der Waals surface area (Å²) in [7, 11) is 0. The molecule has 104 valence electrons. The Balaban J connectivity index is 0. The number of carboxylic acids is 1. The molecule has 0 saturated carbocycles. The standard InChI is InChI=1S/C8H15NO2.C5H8O2/c1-6(2)7(3)8(10)11-5-4-9;1-3-4(2)5(6)7/h6H,3-5,9H2,1-2H3;2-3H2,1H3,(H,6,7). The molecule has 0 saturated heterocycles. The van der Waals surface area contributed by atoms with Crippen LogP contribution < -0.4 is 5.73 Å². The first-order valence-electron chi connectivity index (χ1n) is 5.74. The smallest absolute Gasteiger partial charge is 0.333 e. The first-order chi connectivity index (χ1) is 8.27. The summed E-state index contributed by atoms with van der Waals surface area (Å²) in [6.07, 6.45) is 0.523. The second-order valence-corrected chi connectivity index (χ2v) is 3.87. The normalized spacial score (nSPS) is 9.17. The van der Waals surface area contributed by atoms with Crippen LogP contribution in [0.5, 0.6) is 0 Å². The average Bonchev–Trinajstić information content (AvgIpc) is 2.34. The molecule has 0 aliphatic carbocycles. The lowest BCUT2D eigenvalue weighted by Gasteiger charge is -2.07. The van der Waals surface area contributed by atoms with Crippen LogP contribution >= 0.6 is 0 Å². The molecular formula is C13H23NO4. The highest BCUT2D eigenvalue weighted by atomic mass is 16.5. The van der Waals surface area contributed by atoms with Crippen molar-refractivity contribution in [3.05, 3.63) is 24.3 Å². The average molecular weight is 257 g/mol. The number of carbonyl (C=O) groups excluding carboxylic acids is 1. The molecule has 3 N–H and O–H groups in total. The van der Waals surface area contributed by atoms with Crippen molar-refractivity contribution in [2.75, 3.05) is 13.2 Å². The predicted molar refractivity (Wildman–Crippen MR) is 71.1 cm³/mol. The molecule has 0 fully saturated rings. The highest BCUT2D eigenvalue weighted by molar-refractivity contribution is 5.88. The third kappa shape index (κ3) is 9.59. The summed E-state index contributed by atoms with van der Waals surface area (Å²) in [6, 6.07) is 0. The van der Waals surface area contributed by atoms with Gasteiger partial charge in [-0.05, 0) is 12.3 Å². The second-order valence-electron chi connectivity index (χ2n) is 3.87. The van der Waals surface area contributed by atoms with Crippen LogP contribution in [0.25, 0.3) is 0 Å². The lowest BCUT2D eigenvalue weighted by atomic mass is 10.1. The van der Waals surface area contributed by atoms with Gasteiger partial charge in [-0.1, -0.05) is 33.9 Å². The first-order valence-corrected chi connectivity index (χ1v) is 5.74. The number of ether oxygens (including phenoxy) is 1. The van der Waals surface area contributed by atoms with Gasteiger partial charge in [0.2, 0.25) is 0 Å². The van der Waals surface area contributed by atoms with E-state index in [1.807, 2.05) is 13.8 Å². The molecule has 0 rings (SSSR count). The van der Waals surface area contributed by atoms with E-state index in [1.54, 1.807) is 6.92 Å². The Morgan fingerprint density at radius 1 is 1.33 bits per heavy atom. The maximum atomic E-state index is 11.0. The van der Waals surface area contributed by atoms with Gasteiger partial charge in [-0.2, -0.15) is 0 Å². The minimum absolute atomic E-state index is 0.139. The van der Waals surface area contributed by atoms with Crippen molar-refractivity contribution in [3.63, 3.8) is 0 Å². The van der Waals surface area contributed by atoms with Crippen molar-refractivity contribution < 1.29 is 19.4 Å². The Hall–Kier alpha value is -1.62. The van der Waals surface area contributed by atoms with E-state index in [1.165, 1.54) is 0 Å². The fourth-order valence-electron chi connectivity index (χ4n) is 0.631. The zero-order valence-corrected chi connectivity index (χ0v) is 11.4. The fourth-order valence-corrected chi connectivity index (χ4v) is 0.631. The molecule has 0 radical (unpaired) electrons. The number of esters is 1. The van der Waals surface area contributed by atoms with Gasteiger partial charge in [0.15, 0.2) is 0 Å². The maximum Gasteiger partial charge on any atom is 0.333 e. The monoisotopic (exact) mass is 257 g/mol. The summed E-state index contributed by atoms with van der Waals surface area (Å²) < 4.78 is 4.75. The van der Waals surface area contributed by atoms with E-state index in [9.17, 15) is 9.59 Å². The van der Waals surface area contributed by atoms with Crippen molar-refractivity contribution in [2.24, 2.45) is 11.7 Å². The Labute approximate surface area is 108 Å². The number of rotatable bonds is 6. The molecule has 0 aromatic heterocycles. The molecule has 0 atom stereocenters. The van der Waals surface area contributed by atoms with Crippen LogP contribution in [-0.4, -0.2) is 30.2 Å². The van der Waals surface area contributed by atoms with Gasteiger partial charge < -0.3 is 15.6 Å². The quantitative estimate of drug-likeness (QED) is 0.558. The van der Waals surface area contributed by atoms with Crippen molar-refractivity contribution >= 4 is 11.9 Å². The Bertz CT molecular complexity index is 308. The fraction of sp³-hybridized carbons (Fsp3) is 0.538. The Kier molecular flexibility index (Phi) is 11.0. The van der Waals surface area contributed by atoms with Gasteiger partial charge in [0.05, 0.1) is 0 Å². The van der Waals surface area contributed by atoms with Gasteiger partial charge in [-0.3, -0.25) is 0 Å². The van der Waals surface area contributed by atoms with Crippen LogP contribution in [0.4, 0.5) is 0 Å². The van der Waals surface area contributed by atoms with E-state index >= 15 is 0 Å². The molecule has 0 aliphatic rings. The summed E-state index contributed by atoms with van der Waals surface area (Å²) in [5, 5.41) is 8.08. The van der Waals surface area contributed by atoms with Crippen molar-refractivity contribution in [2.45, 2.75) is 27.2 Å². The molecule has 5 nitrogen and oxygen atoms in total. The molecule has 18 heavy (non-hydrogen) atoms. The molecule has 0 heterocycles. The zero-order valence-electron chi connectivity index (χ0n) is 11.4. The molecule has 0 bridgehead atoms. The van der Waals surface area contributed by atoms with E-state index in [-0.39, 0.29) is 24.1 Å². The number of aliphatic carboxylic acids is 1. The van der Waals surface area contributed by atoms with Crippen molar-refractivity contribution in [1.29, 1.82) is 0 Å². The number of hydrogen-bond acceptors (Lipinski definition) is 4. The summed E-state index contributed by atoms with van der Waals surface area (Å²) in [6.45, 7) is 13.0. The van der Waals surface area contributed by atoms with Gasteiger partial charge in [0.25, 0.3) is 0 Å². The molecule has 0 aromatic rings. The minimum atomic E-state index is -0.900. The van der Waals surface area contributed by atoms with Gasteiger partial charge in [-0.25, -0.2) is 9.59 Å². The predicted octanol–water partition coefficient (Wildman–Crippen LogP) is 1.74. The molecule has 0 aliphatic heterocycles. The summed E-state index contributed by atoms with van der Waals surface area (Å²) in [5.41, 5.74) is 5.91. The number of nitrogens with two attached hydrogens (primary N) is 1. The maximum absolute atomic E-state index is 11.0. The van der Waals surface area contributed by atoms with Crippen molar-refractivity contribution in [3.8, 4) is 0 Å². The minimum Gasteiger partial charge on any atom is -0.478 e. The van der Waals surface area contributed by atoms with Crippen LogP contribution in [0, 0.1) is 5.92 Å². The van der Waals surface area contributed by atoms with Crippen LogP contribution in [0.3, 0.4) is 0 Å². The van der Waals surface area contributed by atoms with Gasteiger partial charge in [-0.15, -0.1) is 0 Å². The van der Waals surface area contributed by atoms with Crippen LogP contribution in [0.2, 0.25) is 0 Å². The Morgan fingerprint density at radius 3 is 2.06 bits per heavy atom. The van der Waals surface area contributed by atoms with Crippen LogP contribution in [-0.2, 0) is 14.3 Å². The second kappa shape index (κ2) is 10.5. The van der Waals surface area contributed by atoms with Gasteiger partial charge in [0.1, 0.15) is 6.61 Å². The zero-order chi connectivity index (χ0) is 14.7. The summed E-state index contributed by atoms with van der Waals surface area (Å²) in [5.74, 6) is -1.10. The van der Waals surface area contributed by atoms with Crippen LogP contribution in [0.1, 0.15) is 27.2 Å². The number of carbonyl (C=O) groups is 2. The molecule has 0 unspecified atom stereocenters. The SMILES string of the molecule is C=C(C(=O)OCCN)C(C)C.C=C(CC)C(=O)O. The van der Waals surface area contributed by atoms with Gasteiger partial charge in [0, 0.05) is 17.7 Å². The van der Waals surface area contributed by atoms with Crippen molar-refractivity contribution in [1.82, 2.24) is 0 Å². The topological polar surface area (TPSA) is 89.6 Å². The largest absolute Gasteiger partial charge is 0.478 e. The molecule has 0 aromatic carbocycles. The molecular weight excluding hydrogens is 234 g/mol. The molecule has 0 spiro atoms. The highest BCUT2D eigenvalue weighted by Gasteiger charge is 2.10. The third-order valence-electron chi connectivity index (χ3n) is 2.04. The lowest BCUT2D eigenvalue weighted by Crippen LogP contribution is -2.16. The summed E-state index contributed by atoms with van der Waals surface area (Å²) in [4.78, 5) is 20.8. The van der Waals surface area contributed by atoms with E-state index in [4.69, 9.17) is 15.6 Å². The lowest BCUT2D eigenvalue weighted by molar-refractivity contribution is -0.139. The van der Waals surface area contributed by atoms with Crippen LogP contribution in [0.15, 0.2) is 24.3 Å². The molecule has 5 heteroatoms. The number of carboxylic acid groups (broad SMARTS) is 1. The number of hydrogen-bond donors (Lipinski definition) is 2. The van der Waals surface area contributed by atoms with E-state index in [2.05, 4.69) is 13.2 Å². The Morgan fingerprint density at radius 2 is 1.83 bits per heavy atom. The molecule has 0 amide bonds. The third-order valence-corrected chi connectivity index (χ3v) is 2.04. The first kappa shape index (κ1) is 18.7. The van der Waals surface area contributed by atoms with E-state index in [0.29, 0.717) is 18.5 Å². The van der Waals surface area contributed by atoms with E-state index < -0.39 is 5.97 Å². The van der Waals surface area contributed by atoms with E-state index in [0.717, 1.165) is 0 Å². The van der Waals surface area contributed by atoms with Gasteiger partial charge >= 0.3 is 11.9 Å². The highest BCUT2D eigenvalue weighted by Crippen LogP contribution is 2.07. The summed E-state index contributed by atoms with van der Waals surface area (Å²) >= 11 is 0.